The summed E-state index contributed by atoms with van der Waals surface area (Å²) in [7, 11) is 0. The predicted molar refractivity (Wildman–Crippen MR) is 134 cm³/mol. The van der Waals surface area contributed by atoms with Crippen molar-refractivity contribution >= 4 is 52.5 Å². The van der Waals surface area contributed by atoms with E-state index >= 15 is 0 Å². The van der Waals surface area contributed by atoms with Crippen molar-refractivity contribution in [2.75, 3.05) is 6.54 Å². The summed E-state index contributed by atoms with van der Waals surface area (Å²) in [6.45, 7) is 0.408. The highest BCUT2D eigenvalue weighted by atomic mass is 35.5. The largest absolute Gasteiger partial charge is 0.351 e. The second-order valence-electron chi connectivity index (χ2n) is 8.49. The van der Waals surface area contributed by atoms with E-state index in [9.17, 15) is 24.0 Å². The molecule has 3 heterocycles. The van der Waals surface area contributed by atoms with Gasteiger partial charge in [-0.05, 0) is 47.7 Å². The number of amides is 5. The van der Waals surface area contributed by atoms with Gasteiger partial charge in [0.25, 0.3) is 17.7 Å². The third-order valence-electron chi connectivity index (χ3n) is 6.20. The maximum atomic E-state index is 13.4. The van der Waals surface area contributed by atoms with Gasteiger partial charge in [-0.2, -0.15) is 0 Å². The van der Waals surface area contributed by atoms with E-state index in [1.807, 2.05) is 24.3 Å². The first-order valence-corrected chi connectivity index (χ1v) is 12.5. The Bertz CT molecular complexity index is 1430. The summed E-state index contributed by atoms with van der Waals surface area (Å²) in [6.07, 6.45) is 0.724. The Morgan fingerprint density at radius 1 is 1.03 bits per heavy atom. The van der Waals surface area contributed by atoms with Crippen LogP contribution in [0.3, 0.4) is 0 Å². The van der Waals surface area contributed by atoms with Crippen molar-refractivity contribution in [2.24, 2.45) is 0 Å². The first kappa shape index (κ1) is 23.9. The molecule has 3 aromatic rings. The number of carbonyl (C=O) groups excluding carboxylic acids is 5. The molecule has 0 radical (unpaired) electrons. The molecule has 5 rings (SSSR count). The number of imide groups is 2. The molecule has 1 fully saturated rings. The molecule has 182 valence electrons. The molecular formula is C26H20ClN3O5S. The predicted octanol–water partition coefficient (Wildman–Crippen LogP) is 3.44. The van der Waals surface area contributed by atoms with E-state index in [4.69, 9.17) is 11.6 Å². The molecule has 36 heavy (non-hydrogen) atoms. The molecule has 2 aliphatic rings. The lowest BCUT2D eigenvalue weighted by molar-refractivity contribution is -0.136. The van der Waals surface area contributed by atoms with Gasteiger partial charge < -0.3 is 5.32 Å². The fourth-order valence-electron chi connectivity index (χ4n) is 4.49. The van der Waals surface area contributed by atoms with Crippen LogP contribution < -0.4 is 10.6 Å². The van der Waals surface area contributed by atoms with Crippen molar-refractivity contribution in [1.82, 2.24) is 15.5 Å². The molecule has 2 aromatic carbocycles. The van der Waals surface area contributed by atoms with Crippen LogP contribution in [-0.2, 0) is 16.0 Å². The van der Waals surface area contributed by atoms with Crippen LogP contribution in [0.2, 0.25) is 4.34 Å². The van der Waals surface area contributed by atoms with Crippen LogP contribution in [0.25, 0.3) is 11.1 Å². The van der Waals surface area contributed by atoms with E-state index in [1.165, 1.54) is 11.3 Å². The number of nitrogens with zero attached hydrogens (tertiary/aromatic N) is 1. The second kappa shape index (κ2) is 9.67. The Morgan fingerprint density at radius 3 is 2.56 bits per heavy atom. The number of halogens is 1. The van der Waals surface area contributed by atoms with Crippen molar-refractivity contribution in [3.8, 4) is 11.1 Å². The lowest BCUT2D eigenvalue weighted by atomic mass is 9.95. The Morgan fingerprint density at radius 2 is 1.81 bits per heavy atom. The minimum Gasteiger partial charge on any atom is -0.351 e. The van der Waals surface area contributed by atoms with Gasteiger partial charge in [0, 0.05) is 13.0 Å². The normalized spacial score (nSPS) is 17.2. The molecule has 2 aliphatic heterocycles. The molecule has 1 atom stereocenters. The third kappa shape index (κ3) is 4.43. The maximum absolute atomic E-state index is 13.4. The zero-order valence-corrected chi connectivity index (χ0v) is 20.4. The topological polar surface area (TPSA) is 113 Å². The number of rotatable bonds is 6. The summed E-state index contributed by atoms with van der Waals surface area (Å²) in [5.74, 6) is -2.34. The maximum Gasteiger partial charge on any atom is 0.262 e. The van der Waals surface area contributed by atoms with Gasteiger partial charge in [0.2, 0.25) is 11.8 Å². The van der Waals surface area contributed by atoms with E-state index in [0.717, 1.165) is 16.0 Å². The number of fused-ring (bicyclic) bond motifs is 1. The van der Waals surface area contributed by atoms with Crippen molar-refractivity contribution in [3.63, 3.8) is 0 Å². The number of hydrogen-bond acceptors (Lipinski definition) is 6. The zero-order chi connectivity index (χ0) is 25.4. The van der Waals surface area contributed by atoms with Crippen LogP contribution in [0.5, 0.6) is 0 Å². The summed E-state index contributed by atoms with van der Waals surface area (Å²) in [5.41, 5.74) is 2.74. The van der Waals surface area contributed by atoms with Gasteiger partial charge in [-0.1, -0.05) is 48.0 Å². The molecule has 2 N–H and O–H groups in total. The number of benzene rings is 2. The van der Waals surface area contributed by atoms with Crippen LogP contribution in [0.1, 0.15) is 48.8 Å². The van der Waals surface area contributed by atoms with Crippen LogP contribution in [0.15, 0.2) is 54.6 Å². The SMILES string of the molecule is O=C1CCC(N2C(=O)c3cccc(-c4cccc(CCNC(=O)c5ccc(Cl)s5)c4)c3C2=O)C(=O)N1. The van der Waals surface area contributed by atoms with Gasteiger partial charge in [-0.25, -0.2) is 0 Å². The van der Waals surface area contributed by atoms with Gasteiger partial charge >= 0.3 is 0 Å². The number of hydrogen-bond donors (Lipinski definition) is 2. The first-order chi connectivity index (χ1) is 17.3. The fourth-order valence-corrected chi connectivity index (χ4v) is 5.45. The average molecular weight is 522 g/mol. The Labute approximate surface area is 215 Å². The van der Waals surface area contributed by atoms with E-state index in [2.05, 4.69) is 10.6 Å². The van der Waals surface area contributed by atoms with Crippen LogP contribution in [0.4, 0.5) is 0 Å². The number of carbonyl (C=O) groups is 5. The molecule has 0 bridgehead atoms. The second-order valence-corrected chi connectivity index (χ2v) is 10.2. The summed E-state index contributed by atoms with van der Waals surface area (Å²) in [4.78, 5) is 64.1. The quantitative estimate of drug-likeness (QED) is 0.482. The van der Waals surface area contributed by atoms with Gasteiger partial charge in [0.15, 0.2) is 0 Å². The van der Waals surface area contributed by atoms with Crippen molar-refractivity contribution in [3.05, 3.63) is 80.5 Å². The Balaban J connectivity index is 1.35. The van der Waals surface area contributed by atoms with E-state index in [0.29, 0.717) is 27.7 Å². The average Bonchev–Trinajstić information content (AvgIpc) is 3.41. The standard InChI is InChI=1S/C26H20ClN3O5S/c27-20-9-8-19(36-20)24(33)28-12-11-14-3-1-4-15(13-14)16-5-2-6-17-22(16)26(35)30(25(17)34)18-7-10-21(31)29-23(18)32/h1-6,8-9,13,18H,7,10-12H2,(H,28,33)(H,29,31,32). The number of nitrogens with one attached hydrogen (secondary N) is 2. The van der Waals surface area contributed by atoms with Gasteiger partial charge in [-0.3, -0.25) is 34.2 Å². The summed E-state index contributed by atoms with van der Waals surface area (Å²) >= 11 is 7.11. The molecule has 1 aromatic heterocycles. The van der Waals surface area contributed by atoms with Crippen LogP contribution >= 0.6 is 22.9 Å². The smallest absolute Gasteiger partial charge is 0.262 e. The molecule has 8 nitrogen and oxygen atoms in total. The van der Waals surface area contributed by atoms with Crippen molar-refractivity contribution in [2.45, 2.75) is 25.3 Å². The lowest BCUT2D eigenvalue weighted by Crippen LogP contribution is -2.54. The molecule has 0 spiro atoms. The molecule has 1 saturated heterocycles. The Kier molecular flexibility index (Phi) is 6.42. The molecule has 0 saturated carbocycles. The Hall–Kier alpha value is -3.82. The van der Waals surface area contributed by atoms with Crippen LogP contribution in [-0.4, -0.2) is 47.0 Å². The summed E-state index contributed by atoms with van der Waals surface area (Å²) < 4.78 is 0.549. The van der Waals surface area contributed by atoms with E-state index < -0.39 is 29.7 Å². The van der Waals surface area contributed by atoms with Gasteiger partial charge in [0.05, 0.1) is 20.3 Å². The van der Waals surface area contributed by atoms with Crippen molar-refractivity contribution in [1.29, 1.82) is 0 Å². The zero-order valence-electron chi connectivity index (χ0n) is 18.9. The monoisotopic (exact) mass is 521 g/mol. The fraction of sp³-hybridized carbons (Fsp3) is 0.192. The van der Waals surface area contributed by atoms with E-state index in [1.54, 1.807) is 30.3 Å². The third-order valence-corrected chi connectivity index (χ3v) is 7.43. The highest BCUT2D eigenvalue weighted by Gasteiger charge is 2.45. The van der Waals surface area contributed by atoms with E-state index in [-0.39, 0.29) is 29.9 Å². The minimum absolute atomic E-state index is 0.0643. The van der Waals surface area contributed by atoms with Crippen LogP contribution in [0, 0.1) is 0 Å². The highest BCUT2D eigenvalue weighted by Crippen LogP contribution is 2.35. The van der Waals surface area contributed by atoms with Gasteiger partial charge in [-0.15, -0.1) is 11.3 Å². The van der Waals surface area contributed by atoms with Gasteiger partial charge in [0.1, 0.15) is 6.04 Å². The summed E-state index contributed by atoms with van der Waals surface area (Å²) in [5, 5.41) is 5.08. The molecule has 0 aliphatic carbocycles. The van der Waals surface area contributed by atoms with Crippen molar-refractivity contribution < 1.29 is 24.0 Å². The first-order valence-electron chi connectivity index (χ1n) is 11.3. The minimum atomic E-state index is -1.02. The molecular weight excluding hydrogens is 502 g/mol. The lowest BCUT2D eigenvalue weighted by Gasteiger charge is -2.27. The molecule has 10 heteroatoms. The highest BCUT2D eigenvalue weighted by molar-refractivity contribution is 7.18. The summed E-state index contributed by atoms with van der Waals surface area (Å²) in [6, 6.07) is 14.9. The molecule has 1 unspecified atom stereocenters. The number of thiophene rings is 1. The number of piperidine rings is 1. The molecule has 5 amide bonds.